The summed E-state index contributed by atoms with van der Waals surface area (Å²) < 4.78 is 10.7. The maximum absolute atomic E-state index is 9.84. The Bertz CT molecular complexity index is 367. The van der Waals surface area contributed by atoms with Crippen molar-refractivity contribution >= 4 is 0 Å². The van der Waals surface area contributed by atoms with Gasteiger partial charge in [0.15, 0.2) is 0 Å². The van der Waals surface area contributed by atoms with Gasteiger partial charge in [-0.05, 0) is 12.5 Å². The molecule has 0 amide bonds. The molecule has 0 saturated carbocycles. The molecule has 1 aromatic rings. The molecule has 4 nitrogen and oxygen atoms in total. The van der Waals surface area contributed by atoms with E-state index in [4.69, 9.17) is 15.2 Å². The van der Waals surface area contributed by atoms with Crippen molar-refractivity contribution in [1.82, 2.24) is 0 Å². The normalized spacial score (nSPS) is 20.8. The van der Waals surface area contributed by atoms with Crippen molar-refractivity contribution in [2.45, 2.75) is 18.4 Å². The van der Waals surface area contributed by atoms with Gasteiger partial charge in [-0.25, -0.2) is 0 Å². The average molecular weight is 223 g/mol. The summed E-state index contributed by atoms with van der Waals surface area (Å²) in [6.45, 7) is 0.887. The highest BCUT2D eigenvalue weighted by atomic mass is 16.5. The van der Waals surface area contributed by atoms with Gasteiger partial charge in [0.2, 0.25) is 0 Å². The van der Waals surface area contributed by atoms with Gasteiger partial charge in [0, 0.05) is 24.1 Å². The summed E-state index contributed by atoms with van der Waals surface area (Å²) in [4.78, 5) is 0. The van der Waals surface area contributed by atoms with E-state index in [2.05, 4.69) is 0 Å². The highest BCUT2D eigenvalue weighted by Crippen LogP contribution is 2.37. The van der Waals surface area contributed by atoms with Crippen LogP contribution in [0.5, 0.6) is 11.5 Å². The molecule has 2 atom stereocenters. The number of benzene rings is 1. The molecule has 1 aliphatic rings. The third kappa shape index (κ3) is 1.99. The molecule has 0 aromatic heterocycles. The van der Waals surface area contributed by atoms with Gasteiger partial charge in [-0.2, -0.15) is 0 Å². The predicted molar refractivity (Wildman–Crippen MR) is 60.9 cm³/mol. The summed E-state index contributed by atoms with van der Waals surface area (Å²) in [6, 6.07) is 5.67. The first-order valence-electron chi connectivity index (χ1n) is 5.45. The zero-order chi connectivity index (χ0) is 11.5. The Morgan fingerprint density at radius 3 is 3.12 bits per heavy atom. The summed E-state index contributed by atoms with van der Waals surface area (Å²) in [5.41, 5.74) is 6.52. The Balaban J connectivity index is 2.32. The maximum atomic E-state index is 9.84. The summed E-state index contributed by atoms with van der Waals surface area (Å²) in [6.07, 6.45) is 0.300. The standard InChI is InChI=1S/C12H17NO3/c1-15-8-2-3-10-9(11(14)7-13)4-5-16-12(10)6-8/h2-3,6,9,11,14H,4-5,7,13H2,1H3. The van der Waals surface area contributed by atoms with E-state index in [1.54, 1.807) is 7.11 Å². The second-order valence-corrected chi connectivity index (χ2v) is 3.95. The van der Waals surface area contributed by atoms with E-state index < -0.39 is 6.10 Å². The van der Waals surface area contributed by atoms with Crippen LogP contribution in [-0.2, 0) is 0 Å². The molecule has 3 N–H and O–H groups in total. The van der Waals surface area contributed by atoms with Crippen molar-refractivity contribution < 1.29 is 14.6 Å². The number of hydrogen-bond donors (Lipinski definition) is 2. The van der Waals surface area contributed by atoms with Gasteiger partial charge in [-0.3, -0.25) is 0 Å². The van der Waals surface area contributed by atoms with Crippen molar-refractivity contribution in [2.75, 3.05) is 20.3 Å². The number of hydrogen-bond acceptors (Lipinski definition) is 4. The summed E-state index contributed by atoms with van der Waals surface area (Å²) >= 11 is 0. The van der Waals surface area contributed by atoms with Crippen molar-refractivity contribution in [3.05, 3.63) is 23.8 Å². The quantitative estimate of drug-likeness (QED) is 0.798. The molecule has 1 aromatic carbocycles. The molecule has 88 valence electrons. The molecule has 16 heavy (non-hydrogen) atoms. The summed E-state index contributed by atoms with van der Waals surface area (Å²) in [7, 11) is 1.62. The van der Waals surface area contributed by atoms with Gasteiger partial charge in [0.25, 0.3) is 0 Å². The van der Waals surface area contributed by atoms with Gasteiger partial charge in [0.05, 0.1) is 19.8 Å². The molecule has 2 unspecified atom stereocenters. The topological polar surface area (TPSA) is 64.7 Å². The van der Waals surface area contributed by atoms with E-state index in [9.17, 15) is 5.11 Å². The van der Waals surface area contributed by atoms with Crippen LogP contribution in [0.2, 0.25) is 0 Å². The Hall–Kier alpha value is -1.26. The molecule has 0 aliphatic carbocycles. The van der Waals surface area contributed by atoms with Crippen LogP contribution in [0.3, 0.4) is 0 Å². The molecule has 4 heteroatoms. The first-order valence-corrected chi connectivity index (χ1v) is 5.45. The van der Waals surface area contributed by atoms with E-state index in [-0.39, 0.29) is 12.5 Å². The van der Waals surface area contributed by atoms with Crippen LogP contribution in [0.1, 0.15) is 17.9 Å². The van der Waals surface area contributed by atoms with Crippen molar-refractivity contribution in [3.8, 4) is 11.5 Å². The fraction of sp³-hybridized carbons (Fsp3) is 0.500. The van der Waals surface area contributed by atoms with Gasteiger partial charge in [0.1, 0.15) is 11.5 Å². The fourth-order valence-electron chi connectivity index (χ4n) is 2.09. The van der Waals surface area contributed by atoms with Gasteiger partial charge in [-0.15, -0.1) is 0 Å². The first-order chi connectivity index (χ1) is 7.76. The predicted octanol–water partition coefficient (Wildman–Crippen LogP) is 0.881. The van der Waals surface area contributed by atoms with E-state index in [0.29, 0.717) is 6.61 Å². The van der Waals surface area contributed by atoms with Crippen LogP contribution in [0.15, 0.2) is 18.2 Å². The molecule has 0 radical (unpaired) electrons. The minimum atomic E-state index is -0.504. The zero-order valence-electron chi connectivity index (χ0n) is 9.35. The Morgan fingerprint density at radius 1 is 1.62 bits per heavy atom. The van der Waals surface area contributed by atoms with Crippen LogP contribution in [-0.4, -0.2) is 31.5 Å². The smallest absolute Gasteiger partial charge is 0.126 e. The van der Waals surface area contributed by atoms with Crippen LogP contribution < -0.4 is 15.2 Å². The zero-order valence-corrected chi connectivity index (χ0v) is 9.35. The first kappa shape index (κ1) is 11.2. The molecular formula is C12H17NO3. The minimum absolute atomic E-state index is 0.0691. The van der Waals surface area contributed by atoms with Gasteiger partial charge in [-0.1, -0.05) is 6.07 Å². The van der Waals surface area contributed by atoms with Gasteiger partial charge >= 0.3 is 0 Å². The highest BCUT2D eigenvalue weighted by Gasteiger charge is 2.27. The molecule has 0 saturated heterocycles. The Kier molecular flexibility index (Phi) is 3.31. The largest absolute Gasteiger partial charge is 0.497 e. The van der Waals surface area contributed by atoms with Crippen molar-refractivity contribution in [1.29, 1.82) is 0 Å². The third-order valence-electron chi connectivity index (χ3n) is 3.01. The van der Waals surface area contributed by atoms with E-state index in [1.165, 1.54) is 0 Å². The average Bonchev–Trinajstić information content (AvgIpc) is 2.36. The van der Waals surface area contributed by atoms with Crippen LogP contribution in [0, 0.1) is 0 Å². The molecule has 0 spiro atoms. The van der Waals surface area contributed by atoms with Crippen molar-refractivity contribution in [2.24, 2.45) is 5.73 Å². The number of methoxy groups -OCH3 is 1. The molecule has 0 bridgehead atoms. The number of fused-ring (bicyclic) bond motifs is 1. The number of aliphatic hydroxyl groups is 1. The molecule has 2 rings (SSSR count). The van der Waals surface area contributed by atoms with Gasteiger partial charge < -0.3 is 20.3 Å². The Labute approximate surface area is 95.0 Å². The summed E-state index contributed by atoms with van der Waals surface area (Å²) in [5.74, 6) is 1.63. The van der Waals surface area contributed by atoms with Crippen molar-refractivity contribution in [3.63, 3.8) is 0 Å². The number of rotatable bonds is 3. The second kappa shape index (κ2) is 4.72. The highest BCUT2D eigenvalue weighted by molar-refractivity contribution is 5.44. The van der Waals surface area contributed by atoms with E-state index >= 15 is 0 Å². The lowest BCUT2D eigenvalue weighted by Gasteiger charge is -2.29. The lowest BCUT2D eigenvalue weighted by Crippen LogP contribution is -2.31. The Morgan fingerprint density at radius 2 is 2.44 bits per heavy atom. The van der Waals surface area contributed by atoms with Crippen LogP contribution >= 0.6 is 0 Å². The number of nitrogens with two attached hydrogens (primary N) is 1. The monoisotopic (exact) mass is 223 g/mol. The lowest BCUT2D eigenvalue weighted by molar-refractivity contribution is 0.123. The molecule has 0 fully saturated rings. The minimum Gasteiger partial charge on any atom is -0.497 e. The SMILES string of the molecule is COc1ccc2c(c1)OCCC2C(O)CN. The third-order valence-corrected chi connectivity index (χ3v) is 3.01. The lowest BCUT2D eigenvalue weighted by atomic mass is 9.88. The number of ether oxygens (including phenoxy) is 2. The van der Waals surface area contributed by atoms with Crippen LogP contribution in [0.25, 0.3) is 0 Å². The summed E-state index contributed by atoms with van der Waals surface area (Å²) in [5, 5.41) is 9.84. The second-order valence-electron chi connectivity index (χ2n) is 3.95. The molecular weight excluding hydrogens is 206 g/mol. The number of aliphatic hydroxyl groups excluding tert-OH is 1. The van der Waals surface area contributed by atoms with E-state index in [0.717, 1.165) is 23.5 Å². The molecule has 1 heterocycles. The van der Waals surface area contributed by atoms with E-state index in [1.807, 2.05) is 18.2 Å². The maximum Gasteiger partial charge on any atom is 0.126 e. The fourth-order valence-corrected chi connectivity index (χ4v) is 2.09. The molecule has 1 aliphatic heterocycles. The van der Waals surface area contributed by atoms with Crippen LogP contribution in [0.4, 0.5) is 0 Å².